The Bertz CT molecular complexity index is 830. The molecule has 0 spiro atoms. The number of carbonyl (C=O) groups is 2. The van der Waals surface area contributed by atoms with E-state index in [1.165, 1.54) is 17.2 Å². The summed E-state index contributed by atoms with van der Waals surface area (Å²) in [4.78, 5) is 23.6. The number of nitrogens with one attached hydrogen (secondary N) is 2. The first kappa shape index (κ1) is 18.4. The fraction of sp³-hybridized carbons (Fsp3) is 0.238. The van der Waals surface area contributed by atoms with E-state index in [2.05, 4.69) is 45.3 Å². The van der Waals surface area contributed by atoms with E-state index in [1.54, 1.807) is 0 Å². The molecule has 0 saturated carbocycles. The quantitative estimate of drug-likeness (QED) is 0.694. The van der Waals surface area contributed by atoms with Crippen LogP contribution in [0.3, 0.4) is 0 Å². The first-order valence-electron chi connectivity index (χ1n) is 8.65. The van der Waals surface area contributed by atoms with Crippen LogP contribution in [0.25, 0.3) is 0 Å². The van der Waals surface area contributed by atoms with Crippen LogP contribution in [0.1, 0.15) is 35.6 Å². The van der Waals surface area contributed by atoms with E-state index in [0.717, 1.165) is 28.6 Å². The zero-order valence-electron chi connectivity index (χ0n) is 14.4. The van der Waals surface area contributed by atoms with Gasteiger partial charge in [-0.2, -0.15) is 0 Å². The van der Waals surface area contributed by atoms with E-state index in [4.69, 9.17) is 0 Å². The molecule has 3 rings (SSSR count). The molecule has 0 aromatic heterocycles. The van der Waals surface area contributed by atoms with Crippen LogP contribution < -0.4 is 10.6 Å². The molecule has 0 saturated heterocycles. The lowest BCUT2D eigenvalue weighted by Crippen LogP contribution is -2.27. The number of hydrogen-bond acceptors (Lipinski definition) is 2. The maximum atomic E-state index is 12.3. The zero-order chi connectivity index (χ0) is 18.5. The fourth-order valence-corrected chi connectivity index (χ4v) is 3.62. The molecule has 26 heavy (non-hydrogen) atoms. The molecule has 2 N–H and O–H groups in total. The van der Waals surface area contributed by atoms with E-state index in [1.807, 2.05) is 30.3 Å². The molecule has 1 atom stereocenters. The van der Waals surface area contributed by atoms with Gasteiger partial charge in [0, 0.05) is 16.6 Å². The van der Waals surface area contributed by atoms with Crippen molar-refractivity contribution in [3.05, 3.63) is 76.3 Å². The summed E-state index contributed by atoms with van der Waals surface area (Å²) in [7, 11) is 0. The molecular weight excluding hydrogens is 392 g/mol. The molecule has 0 heterocycles. The molecule has 1 aliphatic rings. The molecule has 2 amide bonds. The Kier molecular flexibility index (Phi) is 5.89. The van der Waals surface area contributed by atoms with Gasteiger partial charge in [-0.25, -0.2) is 0 Å². The highest BCUT2D eigenvalue weighted by molar-refractivity contribution is 9.10. The third-order valence-electron chi connectivity index (χ3n) is 4.57. The number of fused-ring (bicyclic) bond motifs is 1. The molecule has 1 aliphatic carbocycles. The molecule has 2 aromatic carbocycles. The van der Waals surface area contributed by atoms with Gasteiger partial charge in [-0.1, -0.05) is 40.7 Å². The molecule has 134 valence electrons. The number of benzene rings is 2. The van der Waals surface area contributed by atoms with Crippen molar-refractivity contribution < 1.29 is 9.59 Å². The maximum Gasteiger partial charge on any atom is 0.247 e. The van der Waals surface area contributed by atoms with Crippen LogP contribution in [-0.4, -0.2) is 11.8 Å². The summed E-state index contributed by atoms with van der Waals surface area (Å²) >= 11 is 3.49. The lowest BCUT2D eigenvalue weighted by atomic mass is 10.1. The molecule has 0 aliphatic heterocycles. The number of anilines is 1. The van der Waals surface area contributed by atoms with Crippen LogP contribution in [0.15, 0.2) is 59.6 Å². The number of rotatable bonds is 6. The van der Waals surface area contributed by atoms with Crippen molar-refractivity contribution in [3.8, 4) is 0 Å². The fourth-order valence-electron chi connectivity index (χ4n) is 3.21. The van der Waals surface area contributed by atoms with Crippen LogP contribution in [-0.2, 0) is 22.4 Å². The van der Waals surface area contributed by atoms with Crippen LogP contribution >= 0.6 is 15.9 Å². The van der Waals surface area contributed by atoms with Crippen molar-refractivity contribution in [2.75, 3.05) is 5.32 Å². The predicted molar refractivity (Wildman–Crippen MR) is 107 cm³/mol. The van der Waals surface area contributed by atoms with Crippen LogP contribution in [0, 0.1) is 0 Å². The molecule has 2 aromatic rings. The summed E-state index contributed by atoms with van der Waals surface area (Å²) in [6.45, 7) is 3.42. The van der Waals surface area contributed by atoms with Gasteiger partial charge >= 0.3 is 0 Å². The summed E-state index contributed by atoms with van der Waals surface area (Å²) in [5.74, 6) is -0.171. The highest BCUT2D eigenvalue weighted by Gasteiger charge is 2.23. The Hall–Kier alpha value is -2.40. The number of hydrogen-bond donors (Lipinski definition) is 2. The molecule has 0 radical (unpaired) electrons. The number of aryl methyl sites for hydroxylation is 2. The van der Waals surface area contributed by atoms with Gasteiger partial charge in [0.05, 0.1) is 6.04 Å². The first-order chi connectivity index (χ1) is 12.5. The average Bonchev–Trinajstić information content (AvgIpc) is 3.02. The number of carbonyl (C=O) groups excluding carboxylic acids is 2. The van der Waals surface area contributed by atoms with Gasteiger partial charge in [0.1, 0.15) is 0 Å². The standard InChI is InChI=1S/C21H21BrN2O2/c1-2-20(25)23-17-8-3-14(4-9-17)5-12-21(26)24-19-11-6-15-13-16(22)7-10-18(15)19/h2-4,7-10,13,19H,1,5-6,11-12H2,(H,23,25)(H,24,26). The highest BCUT2D eigenvalue weighted by Crippen LogP contribution is 2.33. The number of halogens is 1. The molecule has 4 nitrogen and oxygen atoms in total. The van der Waals surface area contributed by atoms with Crippen molar-refractivity contribution >= 4 is 33.4 Å². The normalized spacial score (nSPS) is 15.2. The Morgan fingerprint density at radius 3 is 2.69 bits per heavy atom. The minimum Gasteiger partial charge on any atom is -0.349 e. The Balaban J connectivity index is 1.51. The van der Waals surface area contributed by atoms with Gasteiger partial charge in [0.25, 0.3) is 0 Å². The average molecular weight is 413 g/mol. The first-order valence-corrected chi connectivity index (χ1v) is 9.44. The third kappa shape index (κ3) is 4.61. The van der Waals surface area contributed by atoms with E-state index < -0.39 is 0 Å². The Morgan fingerprint density at radius 1 is 1.19 bits per heavy atom. The van der Waals surface area contributed by atoms with Gasteiger partial charge in [-0.05, 0) is 66.3 Å². The second-order valence-corrected chi connectivity index (χ2v) is 7.31. The van der Waals surface area contributed by atoms with Crippen LogP contribution in [0.5, 0.6) is 0 Å². The largest absolute Gasteiger partial charge is 0.349 e. The Labute approximate surface area is 161 Å². The van der Waals surface area contributed by atoms with Gasteiger partial charge in [-0.3, -0.25) is 9.59 Å². The van der Waals surface area contributed by atoms with Crippen molar-refractivity contribution in [3.63, 3.8) is 0 Å². The molecule has 0 bridgehead atoms. The molecule has 5 heteroatoms. The van der Waals surface area contributed by atoms with E-state index >= 15 is 0 Å². The van der Waals surface area contributed by atoms with Gasteiger partial charge < -0.3 is 10.6 Å². The van der Waals surface area contributed by atoms with E-state index in [9.17, 15) is 9.59 Å². The van der Waals surface area contributed by atoms with Crippen molar-refractivity contribution in [2.45, 2.75) is 31.7 Å². The van der Waals surface area contributed by atoms with E-state index in [-0.39, 0.29) is 17.9 Å². The smallest absolute Gasteiger partial charge is 0.247 e. The summed E-state index contributed by atoms with van der Waals surface area (Å²) < 4.78 is 1.08. The topological polar surface area (TPSA) is 58.2 Å². The van der Waals surface area contributed by atoms with Crippen molar-refractivity contribution in [1.29, 1.82) is 0 Å². The van der Waals surface area contributed by atoms with Crippen LogP contribution in [0.4, 0.5) is 5.69 Å². The SMILES string of the molecule is C=CC(=O)Nc1ccc(CCC(=O)NC2CCc3cc(Br)ccc32)cc1. The second kappa shape index (κ2) is 8.32. The second-order valence-electron chi connectivity index (χ2n) is 6.39. The highest BCUT2D eigenvalue weighted by atomic mass is 79.9. The molecular formula is C21H21BrN2O2. The Morgan fingerprint density at radius 2 is 1.96 bits per heavy atom. The minimum absolute atomic E-state index is 0.0646. The number of amides is 2. The molecule has 1 unspecified atom stereocenters. The van der Waals surface area contributed by atoms with Gasteiger partial charge in [0.2, 0.25) is 11.8 Å². The maximum absolute atomic E-state index is 12.3. The summed E-state index contributed by atoms with van der Waals surface area (Å²) in [5, 5.41) is 5.85. The summed E-state index contributed by atoms with van der Waals surface area (Å²) in [5.41, 5.74) is 4.31. The zero-order valence-corrected chi connectivity index (χ0v) is 16.0. The summed E-state index contributed by atoms with van der Waals surface area (Å²) in [6.07, 6.45) is 4.30. The van der Waals surface area contributed by atoms with E-state index in [0.29, 0.717) is 12.8 Å². The van der Waals surface area contributed by atoms with Crippen molar-refractivity contribution in [1.82, 2.24) is 5.32 Å². The van der Waals surface area contributed by atoms with Crippen LogP contribution in [0.2, 0.25) is 0 Å². The minimum atomic E-state index is -0.235. The molecule has 0 fully saturated rings. The third-order valence-corrected chi connectivity index (χ3v) is 5.06. The predicted octanol–water partition coefficient (Wildman–Crippen LogP) is 4.31. The van der Waals surface area contributed by atoms with Crippen molar-refractivity contribution in [2.24, 2.45) is 0 Å². The van der Waals surface area contributed by atoms with Gasteiger partial charge in [0.15, 0.2) is 0 Å². The summed E-state index contributed by atoms with van der Waals surface area (Å²) in [6, 6.07) is 13.9. The van der Waals surface area contributed by atoms with Gasteiger partial charge in [-0.15, -0.1) is 0 Å². The monoisotopic (exact) mass is 412 g/mol. The lowest BCUT2D eigenvalue weighted by molar-refractivity contribution is -0.121. The lowest BCUT2D eigenvalue weighted by Gasteiger charge is -2.14.